The van der Waals surface area contributed by atoms with E-state index in [0.29, 0.717) is 23.5 Å². The van der Waals surface area contributed by atoms with Crippen LogP contribution in [0.1, 0.15) is 30.6 Å². The first kappa shape index (κ1) is 19.7. The Morgan fingerprint density at radius 2 is 1.88 bits per heavy atom. The SMILES string of the molecule is COc1cc(NC(=O)c2ccc(F)cc2Cl)ccc1NC(=O)CC(C)C. The molecule has 138 valence electrons. The zero-order valence-corrected chi connectivity index (χ0v) is 15.5. The van der Waals surface area contributed by atoms with Crippen molar-refractivity contribution in [1.82, 2.24) is 0 Å². The molecule has 0 aliphatic rings. The molecule has 0 spiro atoms. The quantitative estimate of drug-likeness (QED) is 0.763. The highest BCUT2D eigenvalue weighted by molar-refractivity contribution is 6.34. The number of amides is 2. The number of anilines is 2. The molecule has 0 atom stereocenters. The Kier molecular flexibility index (Phi) is 6.58. The molecular weight excluding hydrogens is 359 g/mol. The monoisotopic (exact) mass is 378 g/mol. The third-order valence-electron chi connectivity index (χ3n) is 3.50. The number of rotatable bonds is 6. The van der Waals surface area contributed by atoms with Gasteiger partial charge in [0.25, 0.3) is 5.91 Å². The summed E-state index contributed by atoms with van der Waals surface area (Å²) < 4.78 is 18.4. The number of ether oxygens (including phenoxy) is 1. The van der Waals surface area contributed by atoms with Crippen molar-refractivity contribution in [2.75, 3.05) is 17.7 Å². The van der Waals surface area contributed by atoms with E-state index in [1.54, 1.807) is 18.2 Å². The van der Waals surface area contributed by atoms with Gasteiger partial charge in [-0.05, 0) is 36.2 Å². The molecule has 26 heavy (non-hydrogen) atoms. The molecule has 2 aromatic carbocycles. The van der Waals surface area contributed by atoms with Gasteiger partial charge >= 0.3 is 0 Å². The van der Waals surface area contributed by atoms with E-state index in [1.807, 2.05) is 13.8 Å². The van der Waals surface area contributed by atoms with Crippen LogP contribution in [0, 0.1) is 11.7 Å². The third-order valence-corrected chi connectivity index (χ3v) is 3.82. The minimum atomic E-state index is -0.519. The fourth-order valence-electron chi connectivity index (χ4n) is 2.32. The topological polar surface area (TPSA) is 67.4 Å². The van der Waals surface area contributed by atoms with Crippen molar-refractivity contribution in [1.29, 1.82) is 0 Å². The first-order valence-corrected chi connectivity index (χ1v) is 8.42. The molecule has 0 fully saturated rings. The minimum absolute atomic E-state index is 0.0204. The van der Waals surface area contributed by atoms with Gasteiger partial charge in [0.2, 0.25) is 5.91 Å². The summed E-state index contributed by atoms with van der Waals surface area (Å²) in [4.78, 5) is 24.2. The second kappa shape index (κ2) is 8.67. The Morgan fingerprint density at radius 3 is 2.50 bits per heavy atom. The Balaban J connectivity index is 2.15. The van der Waals surface area contributed by atoms with Gasteiger partial charge in [-0.2, -0.15) is 0 Å². The van der Waals surface area contributed by atoms with E-state index < -0.39 is 11.7 Å². The lowest BCUT2D eigenvalue weighted by Crippen LogP contribution is -2.15. The molecular formula is C19H20ClFN2O3. The average molecular weight is 379 g/mol. The van der Waals surface area contributed by atoms with Crippen LogP contribution in [0.15, 0.2) is 36.4 Å². The predicted molar refractivity (Wildman–Crippen MR) is 100 cm³/mol. The highest BCUT2D eigenvalue weighted by Gasteiger charge is 2.14. The van der Waals surface area contributed by atoms with E-state index in [1.165, 1.54) is 13.2 Å². The Morgan fingerprint density at radius 1 is 1.15 bits per heavy atom. The number of hydrogen-bond donors (Lipinski definition) is 2. The molecule has 0 radical (unpaired) electrons. The molecule has 0 heterocycles. The minimum Gasteiger partial charge on any atom is -0.494 e. The summed E-state index contributed by atoms with van der Waals surface area (Å²) in [5.41, 5.74) is 1.12. The van der Waals surface area contributed by atoms with E-state index in [9.17, 15) is 14.0 Å². The fourth-order valence-corrected chi connectivity index (χ4v) is 2.57. The summed E-state index contributed by atoms with van der Waals surface area (Å²) >= 11 is 5.90. The number of hydrogen-bond acceptors (Lipinski definition) is 3. The molecule has 2 rings (SSSR count). The Hall–Kier alpha value is -2.60. The van der Waals surface area contributed by atoms with Crippen LogP contribution in [0.25, 0.3) is 0 Å². The lowest BCUT2D eigenvalue weighted by molar-refractivity contribution is -0.116. The van der Waals surface area contributed by atoms with Gasteiger partial charge in [-0.1, -0.05) is 25.4 Å². The van der Waals surface area contributed by atoms with Gasteiger partial charge < -0.3 is 15.4 Å². The highest BCUT2D eigenvalue weighted by atomic mass is 35.5. The van der Waals surface area contributed by atoms with Gasteiger partial charge in [0.1, 0.15) is 11.6 Å². The van der Waals surface area contributed by atoms with Crippen molar-refractivity contribution in [2.45, 2.75) is 20.3 Å². The van der Waals surface area contributed by atoms with E-state index in [2.05, 4.69) is 10.6 Å². The molecule has 0 aliphatic carbocycles. The normalized spacial score (nSPS) is 10.5. The van der Waals surface area contributed by atoms with E-state index in [0.717, 1.165) is 12.1 Å². The van der Waals surface area contributed by atoms with Gasteiger partial charge in [-0.25, -0.2) is 4.39 Å². The Labute approximate surface area is 156 Å². The van der Waals surface area contributed by atoms with Crippen LogP contribution >= 0.6 is 11.6 Å². The summed E-state index contributed by atoms with van der Waals surface area (Å²) in [5.74, 6) is -0.471. The lowest BCUT2D eigenvalue weighted by atomic mass is 10.1. The molecule has 0 aliphatic heterocycles. The van der Waals surface area contributed by atoms with Crippen LogP contribution in [0.2, 0.25) is 5.02 Å². The molecule has 7 heteroatoms. The standard InChI is InChI=1S/C19H20ClFN2O3/c1-11(2)8-18(24)23-16-7-5-13(10-17(16)26-3)22-19(25)14-6-4-12(21)9-15(14)20/h4-7,9-11H,8H2,1-3H3,(H,22,25)(H,23,24). The molecule has 5 nitrogen and oxygen atoms in total. The maximum atomic E-state index is 13.1. The maximum Gasteiger partial charge on any atom is 0.257 e. The molecule has 0 saturated carbocycles. The van der Waals surface area contributed by atoms with Crippen LogP contribution in [0.5, 0.6) is 5.75 Å². The zero-order valence-electron chi connectivity index (χ0n) is 14.7. The number of carbonyl (C=O) groups is 2. The van der Waals surface area contributed by atoms with Crippen molar-refractivity contribution in [3.63, 3.8) is 0 Å². The molecule has 0 aromatic heterocycles. The second-order valence-corrected chi connectivity index (χ2v) is 6.55. The van der Waals surface area contributed by atoms with E-state index >= 15 is 0 Å². The number of carbonyl (C=O) groups excluding carboxylic acids is 2. The van der Waals surface area contributed by atoms with Gasteiger partial charge in [-0.15, -0.1) is 0 Å². The molecule has 0 bridgehead atoms. The number of nitrogens with one attached hydrogen (secondary N) is 2. The highest BCUT2D eigenvalue weighted by Crippen LogP contribution is 2.29. The fraction of sp³-hybridized carbons (Fsp3) is 0.263. The van der Waals surface area contributed by atoms with Gasteiger partial charge in [-0.3, -0.25) is 9.59 Å². The van der Waals surface area contributed by atoms with Gasteiger partial charge in [0.15, 0.2) is 0 Å². The zero-order chi connectivity index (χ0) is 19.3. The van der Waals surface area contributed by atoms with Crippen LogP contribution in [-0.4, -0.2) is 18.9 Å². The summed E-state index contributed by atoms with van der Waals surface area (Å²) in [6.45, 7) is 3.91. The predicted octanol–water partition coefficient (Wildman–Crippen LogP) is 4.72. The third kappa shape index (κ3) is 5.20. The van der Waals surface area contributed by atoms with Crippen molar-refractivity contribution in [3.8, 4) is 5.75 Å². The van der Waals surface area contributed by atoms with Crippen LogP contribution < -0.4 is 15.4 Å². The van der Waals surface area contributed by atoms with Crippen molar-refractivity contribution < 1.29 is 18.7 Å². The number of methoxy groups -OCH3 is 1. The van der Waals surface area contributed by atoms with E-state index in [-0.39, 0.29) is 22.4 Å². The molecule has 0 saturated heterocycles. The van der Waals surface area contributed by atoms with Gasteiger partial charge in [0, 0.05) is 18.2 Å². The first-order chi connectivity index (χ1) is 12.3. The largest absolute Gasteiger partial charge is 0.494 e. The average Bonchev–Trinajstić information content (AvgIpc) is 2.55. The van der Waals surface area contributed by atoms with Crippen molar-refractivity contribution >= 4 is 34.8 Å². The maximum absolute atomic E-state index is 13.1. The summed E-state index contributed by atoms with van der Waals surface area (Å²) in [7, 11) is 1.47. The first-order valence-electron chi connectivity index (χ1n) is 8.04. The van der Waals surface area contributed by atoms with Gasteiger partial charge in [0.05, 0.1) is 23.4 Å². The van der Waals surface area contributed by atoms with Crippen LogP contribution in [0.3, 0.4) is 0 Å². The smallest absolute Gasteiger partial charge is 0.257 e. The summed E-state index contributed by atoms with van der Waals surface area (Å²) in [6.07, 6.45) is 0.394. The second-order valence-electron chi connectivity index (χ2n) is 6.14. The summed E-state index contributed by atoms with van der Waals surface area (Å²) in [6, 6.07) is 8.39. The molecule has 2 N–H and O–H groups in total. The lowest BCUT2D eigenvalue weighted by Gasteiger charge is -2.13. The molecule has 2 amide bonds. The van der Waals surface area contributed by atoms with Crippen molar-refractivity contribution in [2.24, 2.45) is 5.92 Å². The van der Waals surface area contributed by atoms with Crippen LogP contribution in [0.4, 0.5) is 15.8 Å². The molecule has 0 unspecified atom stereocenters. The Bertz CT molecular complexity index is 824. The molecule has 2 aromatic rings. The van der Waals surface area contributed by atoms with Crippen molar-refractivity contribution in [3.05, 3.63) is 52.8 Å². The number of benzene rings is 2. The van der Waals surface area contributed by atoms with Crippen LogP contribution in [-0.2, 0) is 4.79 Å². The summed E-state index contributed by atoms with van der Waals surface area (Å²) in [5, 5.41) is 5.47. The number of halogens is 2. The van der Waals surface area contributed by atoms with E-state index in [4.69, 9.17) is 16.3 Å².